The molecule has 2 N–H and O–H groups in total. The molecule has 1 amide bonds. The number of hydrogen-bond donors (Lipinski definition) is 2. The zero-order chi connectivity index (χ0) is 22.6. The van der Waals surface area contributed by atoms with Gasteiger partial charge >= 0.3 is 5.97 Å². The molecule has 0 bridgehead atoms. The molecule has 2 aromatic rings. The Labute approximate surface area is 189 Å². The first-order valence-electron chi connectivity index (χ1n) is 8.62. The number of rotatable bonds is 7. The van der Waals surface area contributed by atoms with Crippen LogP contribution in [-0.2, 0) is 24.3 Å². The van der Waals surface area contributed by atoms with Gasteiger partial charge in [0.2, 0.25) is 10.0 Å². The van der Waals surface area contributed by atoms with Crippen molar-refractivity contribution in [2.24, 2.45) is 0 Å². The van der Waals surface area contributed by atoms with Crippen LogP contribution in [0.25, 0.3) is 0 Å². The van der Waals surface area contributed by atoms with Crippen molar-refractivity contribution in [1.82, 2.24) is 4.72 Å². The summed E-state index contributed by atoms with van der Waals surface area (Å²) in [5, 5.41) is 3.01. The number of esters is 1. The van der Waals surface area contributed by atoms with Gasteiger partial charge < -0.3 is 10.1 Å². The monoisotopic (exact) mass is 492 g/mol. The van der Waals surface area contributed by atoms with E-state index in [1.54, 1.807) is 13.0 Å². The van der Waals surface area contributed by atoms with E-state index in [1.807, 2.05) is 6.92 Å². The van der Waals surface area contributed by atoms with E-state index < -0.39 is 34.5 Å². The molecule has 30 heavy (non-hydrogen) atoms. The summed E-state index contributed by atoms with van der Waals surface area (Å²) in [6.45, 7) is 4.33. The number of benzene rings is 2. The lowest BCUT2D eigenvalue weighted by Crippen LogP contribution is -2.35. The van der Waals surface area contributed by atoms with Crippen LogP contribution in [0.4, 0.5) is 5.69 Å². The van der Waals surface area contributed by atoms with Crippen molar-refractivity contribution in [3.05, 3.63) is 56.5 Å². The second-order valence-electron chi connectivity index (χ2n) is 6.44. The normalized spacial score (nSPS) is 12.3. The van der Waals surface area contributed by atoms with Crippen molar-refractivity contribution in [3.63, 3.8) is 0 Å². The summed E-state index contributed by atoms with van der Waals surface area (Å²) in [5.74, 6) is -1.61. The van der Waals surface area contributed by atoms with Crippen molar-refractivity contribution in [3.8, 4) is 0 Å². The highest BCUT2D eigenvalue weighted by molar-refractivity contribution is 7.89. The van der Waals surface area contributed by atoms with Crippen LogP contribution in [0.2, 0.25) is 15.1 Å². The number of aryl methyl sites for hydroxylation is 2. The lowest BCUT2D eigenvalue weighted by atomic mass is 10.1. The molecule has 0 aliphatic heterocycles. The first-order valence-corrected chi connectivity index (χ1v) is 11.2. The van der Waals surface area contributed by atoms with Crippen molar-refractivity contribution < 1.29 is 22.7 Å². The highest BCUT2D eigenvalue weighted by Crippen LogP contribution is 2.32. The molecule has 1 atom stereocenters. The van der Waals surface area contributed by atoms with Crippen LogP contribution in [0, 0.1) is 13.8 Å². The van der Waals surface area contributed by atoms with Crippen molar-refractivity contribution >= 4 is 62.4 Å². The van der Waals surface area contributed by atoms with E-state index in [9.17, 15) is 18.0 Å². The van der Waals surface area contributed by atoms with Gasteiger partial charge in [0.05, 0.1) is 25.7 Å². The third kappa shape index (κ3) is 6.33. The quantitative estimate of drug-likeness (QED) is 0.446. The maximum Gasteiger partial charge on any atom is 0.321 e. The van der Waals surface area contributed by atoms with Crippen LogP contribution in [0.15, 0.2) is 35.2 Å². The van der Waals surface area contributed by atoms with Crippen molar-refractivity contribution in [2.75, 3.05) is 11.9 Å². The second-order valence-corrected chi connectivity index (χ2v) is 9.43. The average molecular weight is 494 g/mol. The molecule has 0 radical (unpaired) electrons. The van der Waals surface area contributed by atoms with E-state index in [-0.39, 0.29) is 25.7 Å². The Kier molecular flexibility index (Phi) is 8.13. The summed E-state index contributed by atoms with van der Waals surface area (Å²) in [4.78, 5) is 24.2. The van der Waals surface area contributed by atoms with Crippen LogP contribution in [0.3, 0.4) is 0 Å². The van der Waals surface area contributed by atoms with Crippen LogP contribution in [0.5, 0.6) is 0 Å². The Hall–Kier alpha value is -1.84. The Balaban J connectivity index is 1.94. The molecule has 2 aromatic carbocycles. The fourth-order valence-corrected chi connectivity index (χ4v) is 3.91. The van der Waals surface area contributed by atoms with Gasteiger partial charge in [0.25, 0.3) is 5.91 Å². The number of amides is 1. The number of nitrogens with one attached hydrogen (secondary N) is 2. The second kappa shape index (κ2) is 9.98. The van der Waals surface area contributed by atoms with E-state index >= 15 is 0 Å². The summed E-state index contributed by atoms with van der Waals surface area (Å²) in [7, 11) is -3.91. The standard InChI is InChI=1S/C19H19Cl3N2O5S/c1-10-4-5-13(6-11(10)2)30(27,28)23-9-18(25)29-12(3)19(26)24-17-8-15(21)14(20)7-16(17)22/h4-8,12,23H,9H2,1-3H3,(H,24,26). The molecule has 0 aromatic heterocycles. The molecule has 7 nitrogen and oxygen atoms in total. The topological polar surface area (TPSA) is 102 Å². The van der Waals surface area contributed by atoms with Gasteiger partial charge in [-0.3, -0.25) is 9.59 Å². The SMILES string of the molecule is Cc1ccc(S(=O)(=O)NCC(=O)OC(C)C(=O)Nc2cc(Cl)c(Cl)cc2Cl)cc1C. The molecule has 0 aliphatic carbocycles. The fourth-order valence-electron chi connectivity index (χ4n) is 2.26. The molecule has 0 spiro atoms. The zero-order valence-corrected chi connectivity index (χ0v) is 19.3. The minimum absolute atomic E-state index is 0.0263. The zero-order valence-electron chi connectivity index (χ0n) is 16.3. The summed E-state index contributed by atoms with van der Waals surface area (Å²) >= 11 is 17.7. The van der Waals surface area contributed by atoms with Gasteiger partial charge in [0.15, 0.2) is 6.10 Å². The first-order chi connectivity index (χ1) is 13.9. The predicted octanol–water partition coefficient (Wildman–Crippen LogP) is 4.11. The van der Waals surface area contributed by atoms with E-state index in [2.05, 4.69) is 10.0 Å². The van der Waals surface area contributed by atoms with Gasteiger partial charge in [-0.25, -0.2) is 8.42 Å². The third-order valence-electron chi connectivity index (χ3n) is 4.14. The molecule has 1 unspecified atom stereocenters. The molecule has 0 heterocycles. The predicted molar refractivity (Wildman–Crippen MR) is 117 cm³/mol. The third-order valence-corrected chi connectivity index (χ3v) is 6.57. The lowest BCUT2D eigenvalue weighted by Gasteiger charge is -2.15. The molecular formula is C19H19Cl3N2O5S. The van der Waals surface area contributed by atoms with Crippen molar-refractivity contribution in [2.45, 2.75) is 31.8 Å². The van der Waals surface area contributed by atoms with Gasteiger partial charge in [-0.1, -0.05) is 40.9 Å². The smallest absolute Gasteiger partial charge is 0.321 e. The van der Waals surface area contributed by atoms with Gasteiger partial charge in [-0.2, -0.15) is 4.72 Å². The molecular weight excluding hydrogens is 475 g/mol. The summed E-state index contributed by atoms with van der Waals surface area (Å²) in [6.07, 6.45) is -1.21. The number of hydrogen-bond acceptors (Lipinski definition) is 5. The largest absolute Gasteiger partial charge is 0.452 e. The van der Waals surface area contributed by atoms with Crippen LogP contribution in [-0.4, -0.2) is 32.9 Å². The summed E-state index contributed by atoms with van der Waals surface area (Å²) in [5.41, 5.74) is 1.93. The molecule has 0 saturated carbocycles. The van der Waals surface area contributed by atoms with E-state index in [4.69, 9.17) is 39.5 Å². The molecule has 0 fully saturated rings. The van der Waals surface area contributed by atoms with Gasteiger partial charge in [0, 0.05) is 0 Å². The van der Waals surface area contributed by atoms with Crippen LogP contribution >= 0.6 is 34.8 Å². The number of anilines is 1. The van der Waals surface area contributed by atoms with Gasteiger partial charge in [-0.05, 0) is 56.2 Å². The highest BCUT2D eigenvalue weighted by Gasteiger charge is 2.22. The van der Waals surface area contributed by atoms with Crippen molar-refractivity contribution in [1.29, 1.82) is 0 Å². The Bertz CT molecular complexity index is 1090. The number of sulfonamides is 1. The van der Waals surface area contributed by atoms with E-state index in [0.29, 0.717) is 0 Å². The number of carbonyl (C=O) groups is 2. The maximum absolute atomic E-state index is 12.3. The summed E-state index contributed by atoms with van der Waals surface area (Å²) in [6, 6.07) is 7.32. The van der Waals surface area contributed by atoms with Crippen LogP contribution < -0.4 is 10.0 Å². The molecule has 0 aliphatic rings. The summed E-state index contributed by atoms with van der Waals surface area (Å²) < 4.78 is 31.8. The minimum atomic E-state index is -3.91. The molecule has 2 rings (SSSR count). The maximum atomic E-state index is 12.3. The highest BCUT2D eigenvalue weighted by atomic mass is 35.5. The lowest BCUT2D eigenvalue weighted by molar-refractivity contribution is -0.151. The van der Waals surface area contributed by atoms with Crippen LogP contribution in [0.1, 0.15) is 18.1 Å². The Morgan fingerprint density at radius 2 is 1.63 bits per heavy atom. The Morgan fingerprint density at radius 1 is 1.00 bits per heavy atom. The number of ether oxygens (including phenoxy) is 1. The number of halogens is 3. The molecule has 162 valence electrons. The Morgan fingerprint density at radius 3 is 2.27 bits per heavy atom. The van der Waals surface area contributed by atoms with Gasteiger partial charge in [-0.15, -0.1) is 0 Å². The average Bonchev–Trinajstić information content (AvgIpc) is 2.66. The number of carbonyl (C=O) groups excluding carboxylic acids is 2. The van der Waals surface area contributed by atoms with E-state index in [0.717, 1.165) is 11.1 Å². The van der Waals surface area contributed by atoms with E-state index in [1.165, 1.54) is 31.2 Å². The molecule has 0 saturated heterocycles. The fraction of sp³-hybridized carbons (Fsp3) is 0.263. The minimum Gasteiger partial charge on any atom is -0.452 e. The first kappa shape index (κ1) is 24.4. The van der Waals surface area contributed by atoms with Gasteiger partial charge in [0.1, 0.15) is 6.54 Å². The molecule has 11 heteroatoms.